The molecule has 2 heterocycles. The van der Waals surface area contributed by atoms with Crippen LogP contribution in [0.2, 0.25) is 0 Å². The van der Waals surface area contributed by atoms with Crippen LogP contribution in [0.4, 0.5) is 0 Å². The number of aryl methyl sites for hydroxylation is 1. The van der Waals surface area contributed by atoms with Gasteiger partial charge in [0.2, 0.25) is 0 Å². The van der Waals surface area contributed by atoms with Gasteiger partial charge in [0, 0.05) is 30.2 Å². The average molecular weight is 249 g/mol. The quantitative estimate of drug-likeness (QED) is 0.883. The van der Waals surface area contributed by atoms with E-state index in [9.17, 15) is 0 Å². The van der Waals surface area contributed by atoms with Gasteiger partial charge in [0.25, 0.3) is 0 Å². The highest BCUT2D eigenvalue weighted by atomic mass is 32.1. The summed E-state index contributed by atoms with van der Waals surface area (Å²) in [6.07, 6.45) is 2.93. The molecule has 2 rings (SSSR count). The summed E-state index contributed by atoms with van der Waals surface area (Å²) in [6, 6.07) is 7.17. The van der Waals surface area contributed by atoms with E-state index in [1.165, 1.54) is 10.6 Å². The van der Waals surface area contributed by atoms with Crippen molar-refractivity contribution < 1.29 is 0 Å². The van der Waals surface area contributed by atoms with E-state index in [4.69, 9.17) is 0 Å². The molecule has 0 aliphatic heterocycles. The van der Waals surface area contributed by atoms with E-state index in [0.29, 0.717) is 12.1 Å². The van der Waals surface area contributed by atoms with Crippen molar-refractivity contribution in [2.24, 2.45) is 7.05 Å². The van der Waals surface area contributed by atoms with E-state index in [2.05, 4.69) is 47.8 Å². The first-order valence-electron chi connectivity index (χ1n) is 5.93. The lowest BCUT2D eigenvalue weighted by atomic mass is 10.1. The summed E-state index contributed by atoms with van der Waals surface area (Å²) in [5.74, 6) is 0. The van der Waals surface area contributed by atoms with Gasteiger partial charge in [-0.3, -0.25) is 4.68 Å². The monoisotopic (exact) mass is 249 g/mol. The SMILES string of the molecule is CC(Cc1cccs1)NC(C)c1ccnn1C. The molecule has 2 atom stereocenters. The van der Waals surface area contributed by atoms with Gasteiger partial charge in [-0.25, -0.2) is 0 Å². The second-order valence-corrected chi connectivity index (χ2v) is 5.48. The molecule has 0 spiro atoms. The summed E-state index contributed by atoms with van der Waals surface area (Å²) >= 11 is 1.82. The highest BCUT2D eigenvalue weighted by molar-refractivity contribution is 7.09. The van der Waals surface area contributed by atoms with Gasteiger partial charge >= 0.3 is 0 Å². The van der Waals surface area contributed by atoms with Crippen molar-refractivity contribution in [1.29, 1.82) is 0 Å². The van der Waals surface area contributed by atoms with Crippen molar-refractivity contribution in [1.82, 2.24) is 15.1 Å². The Hall–Kier alpha value is -1.13. The molecule has 0 fully saturated rings. The summed E-state index contributed by atoms with van der Waals surface area (Å²) < 4.78 is 1.93. The zero-order valence-corrected chi connectivity index (χ0v) is 11.4. The predicted molar refractivity (Wildman–Crippen MR) is 72.2 cm³/mol. The number of hydrogen-bond donors (Lipinski definition) is 1. The van der Waals surface area contributed by atoms with Crippen LogP contribution in [-0.4, -0.2) is 15.8 Å². The number of hydrogen-bond acceptors (Lipinski definition) is 3. The van der Waals surface area contributed by atoms with Crippen molar-refractivity contribution in [3.63, 3.8) is 0 Å². The fourth-order valence-corrected chi connectivity index (χ4v) is 2.95. The third-order valence-corrected chi connectivity index (χ3v) is 3.82. The first-order valence-corrected chi connectivity index (χ1v) is 6.81. The fourth-order valence-electron chi connectivity index (χ4n) is 2.11. The van der Waals surface area contributed by atoms with Crippen LogP contribution < -0.4 is 5.32 Å². The van der Waals surface area contributed by atoms with Gasteiger partial charge in [0.05, 0.1) is 5.69 Å². The van der Waals surface area contributed by atoms with E-state index in [1.54, 1.807) is 0 Å². The zero-order chi connectivity index (χ0) is 12.3. The molecule has 0 aromatic carbocycles. The van der Waals surface area contributed by atoms with Crippen molar-refractivity contribution in [2.75, 3.05) is 0 Å². The number of thiophene rings is 1. The van der Waals surface area contributed by atoms with Crippen LogP contribution in [0.1, 0.15) is 30.5 Å². The Morgan fingerprint density at radius 3 is 2.82 bits per heavy atom. The van der Waals surface area contributed by atoms with Gasteiger partial charge in [0.1, 0.15) is 0 Å². The van der Waals surface area contributed by atoms with Crippen LogP contribution in [0.5, 0.6) is 0 Å². The molecule has 0 aliphatic carbocycles. The largest absolute Gasteiger partial charge is 0.306 e. The molecule has 0 saturated carbocycles. The lowest BCUT2D eigenvalue weighted by Crippen LogP contribution is -2.31. The molecule has 2 aromatic heterocycles. The van der Waals surface area contributed by atoms with Crippen LogP contribution in [0, 0.1) is 0 Å². The highest BCUT2D eigenvalue weighted by Gasteiger charge is 2.12. The van der Waals surface area contributed by atoms with Gasteiger partial charge < -0.3 is 5.32 Å². The summed E-state index contributed by atoms with van der Waals surface area (Å²) in [7, 11) is 1.98. The second-order valence-electron chi connectivity index (χ2n) is 4.45. The van der Waals surface area contributed by atoms with Crippen molar-refractivity contribution in [3.8, 4) is 0 Å². The summed E-state index contributed by atoms with van der Waals surface area (Å²) in [5.41, 5.74) is 1.23. The fraction of sp³-hybridized carbons (Fsp3) is 0.462. The molecule has 2 aromatic rings. The molecule has 0 saturated heterocycles. The molecular formula is C13H19N3S. The zero-order valence-electron chi connectivity index (χ0n) is 10.6. The molecule has 17 heavy (non-hydrogen) atoms. The van der Waals surface area contributed by atoms with Crippen LogP contribution in [0.15, 0.2) is 29.8 Å². The number of aromatic nitrogens is 2. The molecule has 1 N–H and O–H groups in total. The van der Waals surface area contributed by atoms with Gasteiger partial charge in [0.15, 0.2) is 0 Å². The first-order chi connectivity index (χ1) is 8.16. The van der Waals surface area contributed by atoms with Crippen molar-refractivity contribution in [2.45, 2.75) is 32.4 Å². The minimum absolute atomic E-state index is 0.331. The first kappa shape index (κ1) is 12.3. The third kappa shape index (κ3) is 3.17. The Bertz CT molecular complexity index is 447. The minimum Gasteiger partial charge on any atom is -0.306 e. The maximum atomic E-state index is 4.20. The van der Waals surface area contributed by atoms with Crippen molar-refractivity contribution >= 4 is 11.3 Å². The van der Waals surface area contributed by atoms with Crippen LogP contribution in [0.3, 0.4) is 0 Å². The second kappa shape index (κ2) is 5.47. The summed E-state index contributed by atoms with van der Waals surface area (Å²) in [6.45, 7) is 4.41. The molecule has 0 radical (unpaired) electrons. The number of nitrogens with one attached hydrogen (secondary N) is 1. The predicted octanol–water partition coefficient (Wildman–Crippen LogP) is 2.76. The van der Waals surface area contributed by atoms with Crippen LogP contribution >= 0.6 is 11.3 Å². The van der Waals surface area contributed by atoms with Crippen LogP contribution in [-0.2, 0) is 13.5 Å². The topological polar surface area (TPSA) is 29.9 Å². The van der Waals surface area contributed by atoms with E-state index in [-0.39, 0.29) is 0 Å². The average Bonchev–Trinajstić information content (AvgIpc) is 2.88. The molecule has 2 unspecified atom stereocenters. The third-order valence-electron chi connectivity index (χ3n) is 2.92. The molecule has 0 bridgehead atoms. The van der Waals surface area contributed by atoms with E-state index in [0.717, 1.165) is 6.42 Å². The van der Waals surface area contributed by atoms with E-state index >= 15 is 0 Å². The number of nitrogens with zero attached hydrogens (tertiary/aromatic N) is 2. The molecule has 92 valence electrons. The van der Waals surface area contributed by atoms with Crippen LogP contribution in [0.25, 0.3) is 0 Å². The molecule has 4 heteroatoms. The maximum Gasteiger partial charge on any atom is 0.0547 e. The Morgan fingerprint density at radius 2 is 2.24 bits per heavy atom. The van der Waals surface area contributed by atoms with E-state index < -0.39 is 0 Å². The van der Waals surface area contributed by atoms with Crippen molar-refractivity contribution in [3.05, 3.63) is 40.3 Å². The molecular weight excluding hydrogens is 230 g/mol. The Balaban J connectivity index is 1.90. The lowest BCUT2D eigenvalue weighted by molar-refractivity contribution is 0.457. The standard InChI is InChI=1S/C13H19N3S/c1-10(9-12-5-4-8-17-12)15-11(2)13-6-7-14-16(13)3/h4-8,10-11,15H,9H2,1-3H3. The Labute approximate surface area is 106 Å². The van der Waals surface area contributed by atoms with Gasteiger partial charge in [-0.15, -0.1) is 11.3 Å². The molecule has 3 nitrogen and oxygen atoms in total. The number of rotatable bonds is 5. The molecule has 0 aliphatic rings. The maximum absolute atomic E-state index is 4.20. The Kier molecular flexibility index (Phi) is 3.97. The van der Waals surface area contributed by atoms with Gasteiger partial charge in [-0.2, -0.15) is 5.10 Å². The normalized spacial score (nSPS) is 14.8. The smallest absolute Gasteiger partial charge is 0.0547 e. The lowest BCUT2D eigenvalue weighted by Gasteiger charge is -2.19. The highest BCUT2D eigenvalue weighted by Crippen LogP contribution is 2.15. The van der Waals surface area contributed by atoms with E-state index in [1.807, 2.05) is 29.3 Å². The summed E-state index contributed by atoms with van der Waals surface area (Å²) in [5, 5.41) is 9.94. The van der Waals surface area contributed by atoms with Gasteiger partial charge in [-0.05, 0) is 37.8 Å². The van der Waals surface area contributed by atoms with Gasteiger partial charge in [-0.1, -0.05) is 6.07 Å². The minimum atomic E-state index is 0.331. The summed E-state index contributed by atoms with van der Waals surface area (Å²) in [4.78, 5) is 1.43. The molecule has 0 amide bonds. The Morgan fingerprint density at radius 1 is 1.41 bits per heavy atom.